The van der Waals surface area contributed by atoms with Crippen molar-refractivity contribution in [3.05, 3.63) is 91.9 Å². The van der Waals surface area contributed by atoms with Gasteiger partial charge in [0.25, 0.3) is 5.56 Å². The highest BCUT2D eigenvalue weighted by Gasteiger charge is 2.18. The fraction of sp³-hybridized carbons (Fsp3) is 0.154. The summed E-state index contributed by atoms with van der Waals surface area (Å²) in [7, 11) is 0. The summed E-state index contributed by atoms with van der Waals surface area (Å²) in [5.74, 6) is -0.991. The van der Waals surface area contributed by atoms with Gasteiger partial charge in [0, 0.05) is 23.1 Å². The van der Waals surface area contributed by atoms with Gasteiger partial charge >= 0.3 is 5.97 Å². The first-order valence-electron chi connectivity index (χ1n) is 10.9. The first-order chi connectivity index (χ1) is 17.3. The molecule has 0 fully saturated rings. The Labute approximate surface area is 220 Å². The van der Waals surface area contributed by atoms with Gasteiger partial charge in [-0.15, -0.1) is 0 Å². The predicted octanol–water partition coefficient (Wildman–Crippen LogP) is 6.20. The average molecular weight is 550 g/mol. The van der Waals surface area contributed by atoms with Gasteiger partial charge in [0.1, 0.15) is 11.6 Å². The molecule has 0 spiro atoms. The molecule has 186 valence electrons. The highest BCUT2D eigenvalue weighted by molar-refractivity contribution is 6.38. The number of nitrogens with zero attached hydrogens (tertiary/aromatic N) is 1. The number of hydrogen-bond donors (Lipinski definition) is 2. The third-order valence-electron chi connectivity index (χ3n) is 5.41. The molecule has 10 heteroatoms. The lowest BCUT2D eigenvalue weighted by Crippen LogP contribution is -2.24. The number of carboxylic acids is 1. The van der Waals surface area contributed by atoms with Crippen molar-refractivity contribution in [2.24, 2.45) is 0 Å². The Morgan fingerprint density at radius 2 is 1.72 bits per heavy atom. The van der Waals surface area contributed by atoms with Crippen molar-refractivity contribution < 1.29 is 19.0 Å². The summed E-state index contributed by atoms with van der Waals surface area (Å²) in [6.07, 6.45) is 0.538. The fourth-order valence-electron chi connectivity index (χ4n) is 3.85. The molecule has 0 saturated heterocycles. The number of carboxylic acid groups (broad SMARTS) is 1. The molecule has 0 unspecified atom stereocenters. The molecule has 0 amide bonds. The zero-order valence-corrected chi connectivity index (χ0v) is 21.0. The highest BCUT2D eigenvalue weighted by Crippen LogP contribution is 2.38. The van der Waals surface area contributed by atoms with Crippen LogP contribution in [0.15, 0.2) is 65.5 Å². The fourth-order valence-corrected chi connectivity index (χ4v) is 4.69. The zero-order chi connectivity index (χ0) is 25.8. The summed E-state index contributed by atoms with van der Waals surface area (Å²) in [5.41, 5.74) is 1.60. The molecule has 1 heterocycles. The quantitative estimate of drug-likeness (QED) is 0.243. The van der Waals surface area contributed by atoms with Gasteiger partial charge in [-0.1, -0.05) is 40.9 Å². The smallest absolute Gasteiger partial charge is 0.317 e. The Morgan fingerprint density at radius 1 is 0.972 bits per heavy atom. The van der Waals surface area contributed by atoms with Gasteiger partial charge in [-0.25, -0.2) is 4.39 Å². The second-order valence-electron chi connectivity index (χ2n) is 7.88. The van der Waals surface area contributed by atoms with E-state index in [1.54, 1.807) is 42.5 Å². The SMILES string of the molecule is O=C(O)CNCCCOc1cc(-c2ccc(F)cc2Cl)c2ccc(=O)n(-c3c(Cl)cccc3Cl)c2c1. The maximum atomic E-state index is 13.8. The minimum Gasteiger partial charge on any atom is -0.493 e. The number of pyridine rings is 1. The normalized spacial score (nSPS) is 11.1. The van der Waals surface area contributed by atoms with E-state index in [0.29, 0.717) is 46.4 Å². The van der Waals surface area contributed by atoms with Crippen LogP contribution in [-0.2, 0) is 4.79 Å². The van der Waals surface area contributed by atoms with Gasteiger partial charge in [0.05, 0.1) is 39.4 Å². The molecule has 2 N–H and O–H groups in total. The Bertz CT molecular complexity index is 1490. The number of aliphatic carboxylic acids is 1. The molecule has 0 aliphatic rings. The first-order valence-corrected chi connectivity index (χ1v) is 12.0. The average Bonchev–Trinajstić information content (AvgIpc) is 2.82. The van der Waals surface area contributed by atoms with Crippen LogP contribution in [-0.4, -0.2) is 35.3 Å². The van der Waals surface area contributed by atoms with E-state index in [4.69, 9.17) is 44.6 Å². The molecule has 3 aromatic carbocycles. The van der Waals surface area contributed by atoms with Crippen LogP contribution < -0.4 is 15.6 Å². The summed E-state index contributed by atoms with van der Waals surface area (Å²) in [6.45, 7) is 0.573. The van der Waals surface area contributed by atoms with Crippen molar-refractivity contribution in [3.8, 4) is 22.6 Å². The third kappa shape index (κ3) is 5.65. The number of para-hydroxylation sites is 1. The van der Waals surface area contributed by atoms with Gasteiger partial charge < -0.3 is 15.2 Å². The van der Waals surface area contributed by atoms with Crippen molar-refractivity contribution in [3.63, 3.8) is 0 Å². The minimum atomic E-state index is -0.942. The lowest BCUT2D eigenvalue weighted by Gasteiger charge is -2.18. The number of nitrogens with one attached hydrogen (secondary N) is 1. The summed E-state index contributed by atoms with van der Waals surface area (Å²) in [4.78, 5) is 23.7. The molecular weight excluding hydrogens is 530 g/mol. The summed E-state index contributed by atoms with van der Waals surface area (Å²) >= 11 is 19.3. The van der Waals surface area contributed by atoms with Crippen LogP contribution >= 0.6 is 34.8 Å². The predicted molar refractivity (Wildman–Crippen MR) is 141 cm³/mol. The van der Waals surface area contributed by atoms with Crippen molar-refractivity contribution >= 4 is 51.7 Å². The van der Waals surface area contributed by atoms with Crippen molar-refractivity contribution in [2.45, 2.75) is 6.42 Å². The molecule has 36 heavy (non-hydrogen) atoms. The Morgan fingerprint density at radius 3 is 2.42 bits per heavy atom. The molecule has 0 saturated carbocycles. The number of carbonyl (C=O) groups is 1. The molecule has 4 rings (SSSR count). The minimum absolute atomic E-state index is 0.145. The third-order valence-corrected chi connectivity index (χ3v) is 6.33. The highest BCUT2D eigenvalue weighted by atomic mass is 35.5. The van der Waals surface area contributed by atoms with E-state index in [0.717, 1.165) is 0 Å². The standard InChI is InChI=1S/C26H20Cl3FN2O4/c27-20-3-1-4-21(28)26(20)32-23-13-16(36-10-2-9-31-14-25(34)35)12-19(18(23)7-8-24(32)33)17-6-5-15(30)11-22(17)29/h1,3-8,11-13,31H,2,9-10,14H2,(H,34,35). The second-order valence-corrected chi connectivity index (χ2v) is 9.10. The molecular formula is C26H20Cl3FN2O4. The maximum Gasteiger partial charge on any atom is 0.317 e. The molecule has 1 aromatic heterocycles. The number of hydrogen-bond acceptors (Lipinski definition) is 4. The Kier molecular flexibility index (Phi) is 8.16. The molecule has 0 atom stereocenters. The van der Waals surface area contributed by atoms with Crippen LogP contribution in [0.1, 0.15) is 6.42 Å². The summed E-state index contributed by atoms with van der Waals surface area (Å²) in [6, 6.07) is 15.5. The lowest BCUT2D eigenvalue weighted by atomic mass is 9.99. The van der Waals surface area contributed by atoms with Crippen LogP contribution in [0.4, 0.5) is 4.39 Å². The molecule has 4 aromatic rings. The summed E-state index contributed by atoms with van der Waals surface area (Å²) in [5, 5.41) is 12.9. The van der Waals surface area contributed by atoms with Crippen molar-refractivity contribution in [2.75, 3.05) is 19.7 Å². The van der Waals surface area contributed by atoms with Gasteiger partial charge in [0.2, 0.25) is 0 Å². The monoisotopic (exact) mass is 548 g/mol. The van der Waals surface area contributed by atoms with E-state index in [-0.39, 0.29) is 33.8 Å². The number of benzene rings is 3. The molecule has 6 nitrogen and oxygen atoms in total. The number of halogens is 4. The van der Waals surface area contributed by atoms with Crippen LogP contribution in [0.25, 0.3) is 27.7 Å². The molecule has 0 bridgehead atoms. The van der Waals surface area contributed by atoms with Gasteiger partial charge in [-0.05, 0) is 61.0 Å². The number of fused-ring (bicyclic) bond motifs is 1. The van der Waals surface area contributed by atoms with Gasteiger partial charge in [0.15, 0.2) is 0 Å². The van der Waals surface area contributed by atoms with Crippen LogP contribution in [0.2, 0.25) is 15.1 Å². The Balaban J connectivity index is 1.86. The topological polar surface area (TPSA) is 80.6 Å². The second kappa shape index (κ2) is 11.3. The van der Waals surface area contributed by atoms with E-state index >= 15 is 0 Å². The first kappa shape index (κ1) is 26.0. The number of aromatic nitrogens is 1. The Hall–Kier alpha value is -3.10. The van der Waals surface area contributed by atoms with Crippen LogP contribution in [0.5, 0.6) is 5.75 Å². The van der Waals surface area contributed by atoms with Crippen LogP contribution in [0, 0.1) is 5.82 Å². The van der Waals surface area contributed by atoms with Gasteiger partial charge in [-0.3, -0.25) is 14.2 Å². The molecule has 0 aliphatic carbocycles. The largest absolute Gasteiger partial charge is 0.493 e. The van der Waals surface area contributed by atoms with E-state index in [2.05, 4.69) is 5.32 Å². The molecule has 0 aliphatic heterocycles. The summed E-state index contributed by atoms with van der Waals surface area (Å²) < 4.78 is 21.1. The number of rotatable bonds is 9. The lowest BCUT2D eigenvalue weighted by molar-refractivity contribution is -0.135. The van der Waals surface area contributed by atoms with E-state index < -0.39 is 11.8 Å². The van der Waals surface area contributed by atoms with E-state index in [9.17, 15) is 14.0 Å². The van der Waals surface area contributed by atoms with E-state index in [1.807, 2.05) is 0 Å². The zero-order valence-electron chi connectivity index (χ0n) is 18.7. The van der Waals surface area contributed by atoms with E-state index in [1.165, 1.54) is 22.8 Å². The van der Waals surface area contributed by atoms with Crippen molar-refractivity contribution in [1.82, 2.24) is 9.88 Å². The maximum absolute atomic E-state index is 13.8. The molecule has 0 radical (unpaired) electrons. The number of ether oxygens (including phenoxy) is 1. The van der Waals surface area contributed by atoms with Crippen LogP contribution in [0.3, 0.4) is 0 Å². The van der Waals surface area contributed by atoms with Crippen molar-refractivity contribution in [1.29, 1.82) is 0 Å². The van der Waals surface area contributed by atoms with Gasteiger partial charge in [-0.2, -0.15) is 0 Å².